The van der Waals surface area contributed by atoms with Crippen LogP contribution in [0.25, 0.3) is 0 Å². The number of nitrogens with one attached hydrogen (secondary N) is 1. The van der Waals surface area contributed by atoms with Crippen molar-refractivity contribution in [2.45, 2.75) is 39.3 Å². The van der Waals surface area contributed by atoms with Gasteiger partial charge in [0.05, 0.1) is 11.5 Å². The lowest BCUT2D eigenvalue weighted by atomic mass is 10.1. The van der Waals surface area contributed by atoms with Crippen LogP contribution in [0.4, 0.5) is 5.69 Å². The normalized spacial score (nSPS) is 11.4. The summed E-state index contributed by atoms with van der Waals surface area (Å²) in [6.07, 6.45) is 2.91. The van der Waals surface area contributed by atoms with Gasteiger partial charge in [0.1, 0.15) is 0 Å². The van der Waals surface area contributed by atoms with Crippen LogP contribution in [0.2, 0.25) is 0 Å². The third-order valence-electron chi connectivity index (χ3n) is 2.79. The van der Waals surface area contributed by atoms with Gasteiger partial charge in [0, 0.05) is 18.2 Å². The Kier molecular flexibility index (Phi) is 6.98. The summed E-state index contributed by atoms with van der Waals surface area (Å²) in [7, 11) is 0. The lowest BCUT2D eigenvalue weighted by Crippen LogP contribution is -2.35. The lowest BCUT2D eigenvalue weighted by molar-refractivity contribution is -0.385. The molecule has 0 radical (unpaired) electrons. The molecular weight excluding hydrogens is 288 g/mol. The molecule has 0 saturated heterocycles. The molecule has 118 valence electrons. The summed E-state index contributed by atoms with van der Waals surface area (Å²) in [6, 6.07) is 5.15. The Balaban J connectivity index is 2.74. The molecule has 0 amide bonds. The van der Waals surface area contributed by atoms with Crippen LogP contribution in [0.15, 0.2) is 18.2 Å². The molecular formula is C15H24N2O3S. The van der Waals surface area contributed by atoms with Crippen LogP contribution in [-0.2, 0) is 6.54 Å². The highest BCUT2D eigenvalue weighted by molar-refractivity contribution is 7.98. The first-order chi connectivity index (χ1) is 9.83. The molecule has 0 atom stereocenters. The van der Waals surface area contributed by atoms with Gasteiger partial charge in [-0.15, -0.1) is 0 Å². The molecule has 1 rings (SSSR count). The summed E-state index contributed by atoms with van der Waals surface area (Å²) in [4.78, 5) is 10.8. The van der Waals surface area contributed by atoms with Gasteiger partial charge in [0.2, 0.25) is 0 Å². The zero-order valence-corrected chi connectivity index (χ0v) is 14.0. The number of nitrogens with zero attached hydrogens (tertiary/aromatic N) is 1. The van der Waals surface area contributed by atoms with E-state index < -0.39 is 0 Å². The summed E-state index contributed by atoms with van der Waals surface area (Å²) < 4.78 is 5.53. The van der Waals surface area contributed by atoms with Gasteiger partial charge in [-0.05, 0) is 50.8 Å². The van der Waals surface area contributed by atoms with E-state index in [1.807, 2.05) is 12.3 Å². The molecule has 0 bridgehead atoms. The first-order valence-corrected chi connectivity index (χ1v) is 8.37. The molecule has 1 N–H and O–H groups in total. The van der Waals surface area contributed by atoms with E-state index in [2.05, 4.69) is 26.1 Å². The molecule has 0 aliphatic carbocycles. The molecule has 21 heavy (non-hydrogen) atoms. The first-order valence-electron chi connectivity index (χ1n) is 6.97. The largest absolute Gasteiger partial charge is 0.487 e. The topological polar surface area (TPSA) is 64.4 Å². The van der Waals surface area contributed by atoms with Crippen molar-refractivity contribution >= 4 is 17.4 Å². The van der Waals surface area contributed by atoms with E-state index in [4.69, 9.17) is 4.74 Å². The SMILES string of the molecule is CSCCCOc1ccc(CNC(C)(C)C)cc1[N+](=O)[O-]. The smallest absolute Gasteiger partial charge is 0.311 e. The maximum Gasteiger partial charge on any atom is 0.311 e. The molecule has 5 nitrogen and oxygen atoms in total. The summed E-state index contributed by atoms with van der Waals surface area (Å²) in [6.45, 7) is 7.28. The highest BCUT2D eigenvalue weighted by Crippen LogP contribution is 2.28. The van der Waals surface area contributed by atoms with Gasteiger partial charge in [-0.2, -0.15) is 11.8 Å². The van der Waals surface area contributed by atoms with Crippen LogP contribution >= 0.6 is 11.8 Å². The second-order valence-electron chi connectivity index (χ2n) is 5.86. The predicted octanol–water partition coefficient (Wildman–Crippen LogP) is 3.61. The maximum absolute atomic E-state index is 11.2. The summed E-state index contributed by atoms with van der Waals surface area (Å²) in [5, 5.41) is 14.5. The van der Waals surface area contributed by atoms with Crippen LogP contribution in [0, 0.1) is 10.1 Å². The van der Waals surface area contributed by atoms with Crippen LogP contribution in [0.5, 0.6) is 5.75 Å². The summed E-state index contributed by atoms with van der Waals surface area (Å²) in [5.74, 6) is 1.34. The zero-order valence-electron chi connectivity index (χ0n) is 13.1. The van der Waals surface area contributed by atoms with Gasteiger partial charge < -0.3 is 10.1 Å². The average molecular weight is 312 g/mol. The number of nitro groups is 1. The van der Waals surface area contributed by atoms with Crippen LogP contribution in [0.3, 0.4) is 0 Å². The van der Waals surface area contributed by atoms with Crippen molar-refractivity contribution in [2.24, 2.45) is 0 Å². The average Bonchev–Trinajstić information content (AvgIpc) is 2.41. The van der Waals surface area contributed by atoms with Gasteiger partial charge in [0.15, 0.2) is 5.75 Å². The van der Waals surface area contributed by atoms with Crippen molar-refractivity contribution in [3.05, 3.63) is 33.9 Å². The van der Waals surface area contributed by atoms with Crippen molar-refractivity contribution in [1.29, 1.82) is 0 Å². The molecule has 0 aromatic heterocycles. The molecule has 0 aliphatic heterocycles. The Morgan fingerprint density at radius 1 is 1.38 bits per heavy atom. The lowest BCUT2D eigenvalue weighted by Gasteiger charge is -2.20. The number of benzene rings is 1. The van der Waals surface area contributed by atoms with Gasteiger partial charge >= 0.3 is 5.69 Å². The summed E-state index contributed by atoms with van der Waals surface area (Å²) in [5.41, 5.74) is 0.891. The molecule has 0 heterocycles. The van der Waals surface area contributed by atoms with Crippen molar-refractivity contribution in [3.63, 3.8) is 0 Å². The molecule has 6 heteroatoms. The molecule has 0 spiro atoms. The van der Waals surface area contributed by atoms with Gasteiger partial charge in [-0.25, -0.2) is 0 Å². The number of ether oxygens (including phenoxy) is 1. The predicted molar refractivity (Wildman–Crippen MR) is 88.2 cm³/mol. The fourth-order valence-electron chi connectivity index (χ4n) is 1.69. The Morgan fingerprint density at radius 2 is 2.10 bits per heavy atom. The van der Waals surface area contributed by atoms with E-state index in [-0.39, 0.29) is 16.1 Å². The number of thioether (sulfide) groups is 1. The number of nitro benzene ring substituents is 1. The Morgan fingerprint density at radius 3 is 2.67 bits per heavy atom. The molecule has 1 aromatic carbocycles. The summed E-state index contributed by atoms with van der Waals surface area (Å²) >= 11 is 1.74. The van der Waals surface area contributed by atoms with Crippen molar-refractivity contribution < 1.29 is 9.66 Å². The third-order valence-corrected chi connectivity index (χ3v) is 3.49. The van der Waals surface area contributed by atoms with Crippen molar-refractivity contribution in [3.8, 4) is 5.75 Å². The Hall–Kier alpha value is -1.27. The van der Waals surface area contributed by atoms with E-state index in [0.29, 0.717) is 18.9 Å². The van der Waals surface area contributed by atoms with Crippen LogP contribution in [-0.4, -0.2) is 29.1 Å². The number of rotatable bonds is 8. The molecule has 0 aliphatic rings. The molecule has 1 aromatic rings. The minimum absolute atomic E-state index is 0.0260. The van der Waals surface area contributed by atoms with E-state index in [1.54, 1.807) is 23.9 Å². The Labute approximate surface area is 130 Å². The molecule has 0 fully saturated rings. The fourth-order valence-corrected chi connectivity index (χ4v) is 2.10. The van der Waals surface area contributed by atoms with E-state index in [0.717, 1.165) is 17.7 Å². The number of hydrogen-bond donors (Lipinski definition) is 1. The third kappa shape index (κ3) is 6.82. The quantitative estimate of drug-likeness (QED) is 0.451. The van der Waals surface area contributed by atoms with E-state index in [9.17, 15) is 10.1 Å². The second-order valence-corrected chi connectivity index (χ2v) is 6.84. The maximum atomic E-state index is 11.2. The molecule has 0 saturated carbocycles. The van der Waals surface area contributed by atoms with Crippen LogP contribution in [0.1, 0.15) is 32.8 Å². The number of hydrogen-bond acceptors (Lipinski definition) is 5. The van der Waals surface area contributed by atoms with E-state index in [1.165, 1.54) is 0 Å². The Bertz CT molecular complexity index is 472. The van der Waals surface area contributed by atoms with Gasteiger partial charge in [-0.1, -0.05) is 6.07 Å². The minimum atomic E-state index is -0.384. The van der Waals surface area contributed by atoms with Gasteiger partial charge in [0.25, 0.3) is 0 Å². The second kappa shape index (κ2) is 8.24. The monoisotopic (exact) mass is 312 g/mol. The van der Waals surface area contributed by atoms with Crippen LogP contribution < -0.4 is 10.1 Å². The zero-order chi connectivity index (χ0) is 15.9. The highest BCUT2D eigenvalue weighted by Gasteiger charge is 2.17. The first kappa shape index (κ1) is 17.8. The van der Waals surface area contributed by atoms with E-state index >= 15 is 0 Å². The van der Waals surface area contributed by atoms with Crippen molar-refractivity contribution in [1.82, 2.24) is 5.32 Å². The molecule has 0 unspecified atom stereocenters. The fraction of sp³-hybridized carbons (Fsp3) is 0.600. The highest BCUT2D eigenvalue weighted by atomic mass is 32.2. The van der Waals surface area contributed by atoms with Gasteiger partial charge in [-0.3, -0.25) is 10.1 Å². The minimum Gasteiger partial charge on any atom is -0.487 e. The van der Waals surface area contributed by atoms with Crippen molar-refractivity contribution in [2.75, 3.05) is 18.6 Å². The standard InChI is InChI=1S/C15H24N2O3S/c1-15(2,3)16-11-12-6-7-14(13(10-12)17(18)19)20-8-5-9-21-4/h6-7,10,16H,5,8-9,11H2,1-4H3.